The minimum absolute atomic E-state index is 0.223. The van der Waals surface area contributed by atoms with Gasteiger partial charge in [0.15, 0.2) is 0 Å². The van der Waals surface area contributed by atoms with Crippen molar-refractivity contribution >= 4 is 55.2 Å². The van der Waals surface area contributed by atoms with Gasteiger partial charge in [-0.05, 0) is 30.5 Å². The van der Waals surface area contributed by atoms with Crippen molar-refractivity contribution in [2.45, 2.75) is 6.92 Å². The zero-order valence-corrected chi connectivity index (χ0v) is 13.6. The first-order valence-corrected chi connectivity index (χ1v) is 8.29. The van der Waals surface area contributed by atoms with Gasteiger partial charge in [-0.2, -0.15) is 0 Å². The number of carbonyl (C=O) groups excluding carboxylic acids is 1. The molecule has 0 spiro atoms. The summed E-state index contributed by atoms with van der Waals surface area (Å²) in [6.45, 7) is 2.02. The monoisotopic (exact) mass is 339 g/mol. The van der Waals surface area contributed by atoms with Crippen LogP contribution in [0, 0.1) is 0 Å². The lowest BCUT2D eigenvalue weighted by Gasteiger charge is -2.01. The standard InChI is InChI=1S/C18H13NO4S/c1-2-23-18(22)13-8-9-7-12-14(15(17(20)21)16(9)24-13)10-5-3-4-6-11(10)19-12/h3-8,19H,2H2,1H3,(H,20,21). The van der Waals surface area contributed by atoms with Crippen LogP contribution in [0.15, 0.2) is 36.4 Å². The van der Waals surface area contributed by atoms with Gasteiger partial charge in [-0.1, -0.05) is 18.2 Å². The zero-order chi connectivity index (χ0) is 16.8. The lowest BCUT2D eigenvalue weighted by atomic mass is 10.0. The fourth-order valence-corrected chi connectivity index (χ4v) is 4.10. The molecule has 24 heavy (non-hydrogen) atoms. The molecule has 2 N–H and O–H groups in total. The van der Waals surface area contributed by atoms with Crippen molar-refractivity contribution in [1.29, 1.82) is 0 Å². The van der Waals surface area contributed by atoms with Crippen LogP contribution in [0.25, 0.3) is 31.9 Å². The summed E-state index contributed by atoms with van der Waals surface area (Å²) in [6.07, 6.45) is 0. The van der Waals surface area contributed by atoms with Crippen LogP contribution >= 0.6 is 11.3 Å². The molecule has 0 saturated heterocycles. The van der Waals surface area contributed by atoms with Crippen molar-refractivity contribution in [3.05, 3.63) is 46.8 Å². The number of fused-ring (bicyclic) bond motifs is 4. The number of aromatic amines is 1. The van der Waals surface area contributed by atoms with Gasteiger partial charge in [0.2, 0.25) is 0 Å². The molecule has 0 aliphatic carbocycles. The molecule has 4 aromatic rings. The van der Waals surface area contributed by atoms with E-state index in [1.54, 1.807) is 13.0 Å². The average Bonchev–Trinajstić information content (AvgIpc) is 3.13. The number of ether oxygens (including phenoxy) is 1. The number of para-hydroxylation sites is 1. The van der Waals surface area contributed by atoms with Crippen molar-refractivity contribution < 1.29 is 19.4 Å². The fourth-order valence-electron chi connectivity index (χ4n) is 3.02. The maximum absolute atomic E-state index is 12.0. The molecule has 0 aliphatic rings. The van der Waals surface area contributed by atoms with Gasteiger partial charge in [0.25, 0.3) is 0 Å². The fraction of sp³-hybridized carbons (Fsp3) is 0.111. The molecule has 0 aliphatic heterocycles. The van der Waals surface area contributed by atoms with Gasteiger partial charge in [0.1, 0.15) is 4.88 Å². The van der Waals surface area contributed by atoms with Crippen molar-refractivity contribution in [3.63, 3.8) is 0 Å². The van der Waals surface area contributed by atoms with Gasteiger partial charge in [-0.25, -0.2) is 9.59 Å². The number of carbonyl (C=O) groups is 2. The van der Waals surface area contributed by atoms with E-state index in [2.05, 4.69) is 4.98 Å². The van der Waals surface area contributed by atoms with Crippen LogP contribution in [-0.4, -0.2) is 28.6 Å². The Morgan fingerprint density at radius 3 is 2.75 bits per heavy atom. The van der Waals surface area contributed by atoms with Crippen LogP contribution in [0.5, 0.6) is 0 Å². The minimum Gasteiger partial charge on any atom is -0.478 e. The van der Waals surface area contributed by atoms with Crippen LogP contribution in [-0.2, 0) is 4.74 Å². The Morgan fingerprint density at radius 1 is 1.21 bits per heavy atom. The van der Waals surface area contributed by atoms with Crippen LogP contribution < -0.4 is 0 Å². The van der Waals surface area contributed by atoms with Crippen LogP contribution in [0.2, 0.25) is 0 Å². The number of hydrogen-bond acceptors (Lipinski definition) is 4. The molecule has 0 fully saturated rings. The number of carboxylic acids is 1. The molecular formula is C18H13NO4S. The molecule has 0 radical (unpaired) electrons. The third-order valence-electron chi connectivity index (χ3n) is 3.96. The number of nitrogens with one attached hydrogen (secondary N) is 1. The maximum atomic E-state index is 12.0. The second kappa shape index (κ2) is 5.35. The van der Waals surface area contributed by atoms with E-state index in [0.717, 1.165) is 33.1 Å². The quantitative estimate of drug-likeness (QED) is 0.542. The lowest BCUT2D eigenvalue weighted by Crippen LogP contribution is -2.01. The Labute approximate surface area is 140 Å². The van der Waals surface area contributed by atoms with Gasteiger partial charge in [0, 0.05) is 21.8 Å². The van der Waals surface area contributed by atoms with Gasteiger partial charge in [-0.15, -0.1) is 11.3 Å². The second-order valence-corrected chi connectivity index (χ2v) is 6.45. The number of H-pyrrole nitrogens is 1. The molecule has 0 bridgehead atoms. The topological polar surface area (TPSA) is 79.4 Å². The zero-order valence-electron chi connectivity index (χ0n) is 12.8. The number of thiophene rings is 1. The van der Waals surface area contributed by atoms with E-state index in [-0.39, 0.29) is 12.2 Å². The molecular weight excluding hydrogens is 326 g/mol. The average molecular weight is 339 g/mol. The van der Waals surface area contributed by atoms with Crippen molar-refractivity contribution in [2.75, 3.05) is 6.61 Å². The summed E-state index contributed by atoms with van der Waals surface area (Å²) in [6, 6.07) is 11.2. The molecule has 0 unspecified atom stereocenters. The number of benzene rings is 2. The van der Waals surface area contributed by atoms with E-state index < -0.39 is 11.9 Å². The SMILES string of the molecule is CCOC(=O)c1cc2cc3[nH]c4ccccc4c3c(C(=O)O)c2s1. The highest BCUT2D eigenvalue weighted by molar-refractivity contribution is 7.21. The van der Waals surface area contributed by atoms with E-state index >= 15 is 0 Å². The summed E-state index contributed by atoms with van der Waals surface area (Å²) < 4.78 is 5.61. The molecule has 2 aromatic carbocycles. The highest BCUT2D eigenvalue weighted by Crippen LogP contribution is 2.38. The van der Waals surface area contributed by atoms with E-state index in [0.29, 0.717) is 15.0 Å². The lowest BCUT2D eigenvalue weighted by molar-refractivity contribution is 0.0531. The molecule has 2 aromatic heterocycles. The Balaban J connectivity index is 2.11. The van der Waals surface area contributed by atoms with Gasteiger partial charge < -0.3 is 14.8 Å². The summed E-state index contributed by atoms with van der Waals surface area (Å²) in [7, 11) is 0. The van der Waals surface area contributed by atoms with E-state index in [1.165, 1.54) is 0 Å². The maximum Gasteiger partial charge on any atom is 0.348 e. The molecule has 6 heteroatoms. The van der Waals surface area contributed by atoms with Gasteiger partial charge in [0.05, 0.1) is 16.9 Å². The Kier molecular flexibility index (Phi) is 3.28. The van der Waals surface area contributed by atoms with E-state index in [1.807, 2.05) is 30.3 Å². The first-order valence-electron chi connectivity index (χ1n) is 7.47. The number of esters is 1. The van der Waals surface area contributed by atoms with Gasteiger partial charge >= 0.3 is 11.9 Å². The number of aromatic nitrogens is 1. The molecule has 120 valence electrons. The number of carboxylic acid groups (broad SMARTS) is 1. The first kappa shape index (κ1) is 14.7. The highest BCUT2D eigenvalue weighted by atomic mass is 32.1. The van der Waals surface area contributed by atoms with Crippen molar-refractivity contribution in [2.24, 2.45) is 0 Å². The van der Waals surface area contributed by atoms with Crippen LogP contribution in [0.3, 0.4) is 0 Å². The summed E-state index contributed by atoms with van der Waals surface area (Å²) >= 11 is 1.16. The van der Waals surface area contributed by atoms with E-state index in [9.17, 15) is 14.7 Å². The number of rotatable bonds is 3. The molecule has 0 saturated carbocycles. The number of hydrogen-bond donors (Lipinski definition) is 2. The smallest absolute Gasteiger partial charge is 0.348 e. The van der Waals surface area contributed by atoms with Crippen LogP contribution in [0.4, 0.5) is 0 Å². The summed E-state index contributed by atoms with van der Waals surface area (Å²) in [4.78, 5) is 27.6. The van der Waals surface area contributed by atoms with Crippen molar-refractivity contribution in [1.82, 2.24) is 4.98 Å². The van der Waals surface area contributed by atoms with Crippen LogP contribution in [0.1, 0.15) is 27.0 Å². The third-order valence-corrected chi connectivity index (χ3v) is 5.11. The predicted molar refractivity (Wildman–Crippen MR) is 94.1 cm³/mol. The molecule has 4 rings (SSSR count). The second-order valence-electron chi connectivity index (χ2n) is 5.40. The minimum atomic E-state index is -1.01. The predicted octanol–water partition coefficient (Wildman–Crippen LogP) is 4.41. The molecule has 5 nitrogen and oxygen atoms in total. The molecule has 0 atom stereocenters. The summed E-state index contributed by atoms with van der Waals surface area (Å²) in [5.41, 5.74) is 1.85. The van der Waals surface area contributed by atoms with Gasteiger partial charge in [-0.3, -0.25) is 0 Å². The van der Waals surface area contributed by atoms with E-state index in [4.69, 9.17) is 4.74 Å². The van der Waals surface area contributed by atoms with Crippen molar-refractivity contribution in [3.8, 4) is 0 Å². The molecule has 2 heterocycles. The Bertz CT molecular complexity index is 1120. The summed E-state index contributed by atoms with van der Waals surface area (Å²) in [5.74, 6) is -1.43. The molecule has 0 amide bonds. The first-order chi connectivity index (χ1) is 11.6. The highest BCUT2D eigenvalue weighted by Gasteiger charge is 2.21. The Hall–Kier alpha value is -2.86. The third kappa shape index (κ3) is 2.07. The largest absolute Gasteiger partial charge is 0.478 e. The Morgan fingerprint density at radius 2 is 2.00 bits per heavy atom. The number of aromatic carboxylic acids is 1. The summed E-state index contributed by atoms with van der Waals surface area (Å²) in [5, 5.41) is 12.0. The normalized spacial score (nSPS) is 11.4.